The number of benzene rings is 2. The van der Waals surface area contributed by atoms with E-state index in [1.807, 2.05) is 37.3 Å². The van der Waals surface area contributed by atoms with Crippen molar-refractivity contribution >= 4 is 49.3 Å². The van der Waals surface area contributed by atoms with Crippen molar-refractivity contribution in [1.82, 2.24) is 9.97 Å². The Morgan fingerprint density at radius 3 is 2.49 bits per heavy atom. The molecule has 202 valence electrons. The number of rotatable bonds is 8. The second-order valence-electron chi connectivity index (χ2n) is 8.69. The molecule has 0 spiro atoms. The maximum atomic E-state index is 13.5. The Bertz CT molecular complexity index is 1590. The van der Waals surface area contributed by atoms with Gasteiger partial charge in [-0.1, -0.05) is 59.4 Å². The summed E-state index contributed by atoms with van der Waals surface area (Å²) in [7, 11) is -3.96. The number of sulfone groups is 1. The van der Waals surface area contributed by atoms with E-state index < -0.39 is 9.84 Å². The zero-order valence-corrected chi connectivity index (χ0v) is 22.9. The predicted octanol–water partition coefficient (Wildman–Crippen LogP) is 4.18. The van der Waals surface area contributed by atoms with Crippen LogP contribution in [0, 0.1) is 6.92 Å². The van der Waals surface area contributed by atoms with Crippen molar-refractivity contribution in [3.63, 3.8) is 0 Å². The molecule has 0 radical (unpaired) electrons. The highest BCUT2D eigenvalue weighted by atomic mass is 32.2. The summed E-state index contributed by atoms with van der Waals surface area (Å²) >= 11 is 1.21. The van der Waals surface area contributed by atoms with Gasteiger partial charge in [-0.05, 0) is 19.1 Å². The number of hydrogen-bond donors (Lipinski definition) is 2. The maximum absolute atomic E-state index is 13.5. The second kappa shape index (κ2) is 11.4. The molecular weight excluding hydrogens is 540 g/mol. The van der Waals surface area contributed by atoms with Crippen molar-refractivity contribution in [3.8, 4) is 11.3 Å². The number of aryl methyl sites for hydroxylation is 1. The number of morpholine rings is 1. The lowest BCUT2D eigenvalue weighted by Gasteiger charge is -2.26. The first kappa shape index (κ1) is 26.5. The lowest BCUT2D eigenvalue weighted by molar-refractivity contribution is -0.114. The van der Waals surface area contributed by atoms with Gasteiger partial charge in [-0.2, -0.15) is 10.1 Å². The molecule has 1 amide bonds. The maximum Gasteiger partial charge on any atom is 0.243 e. The Balaban J connectivity index is 1.43. The van der Waals surface area contributed by atoms with Gasteiger partial charge < -0.3 is 19.4 Å². The molecule has 3 heterocycles. The third-order valence-corrected chi connectivity index (χ3v) is 8.32. The average Bonchev–Trinajstić information content (AvgIpc) is 3.54. The van der Waals surface area contributed by atoms with Crippen molar-refractivity contribution in [3.05, 3.63) is 66.1 Å². The van der Waals surface area contributed by atoms with Crippen LogP contribution in [0.25, 0.3) is 11.3 Å². The van der Waals surface area contributed by atoms with Crippen molar-refractivity contribution in [1.29, 1.82) is 0 Å². The molecule has 5 rings (SSSR count). The third-order valence-electron chi connectivity index (χ3n) is 5.78. The number of hydrogen-bond acceptors (Lipinski definition) is 11. The fourth-order valence-corrected chi connectivity index (χ4v) is 6.10. The van der Waals surface area contributed by atoms with Gasteiger partial charge in [-0.25, -0.2) is 13.4 Å². The van der Waals surface area contributed by atoms with Crippen LogP contribution in [0.15, 0.2) is 74.0 Å². The lowest BCUT2D eigenvalue weighted by Crippen LogP contribution is -2.36. The molecule has 13 heteroatoms. The number of nitrogens with zero attached hydrogens (tertiary/aromatic N) is 4. The summed E-state index contributed by atoms with van der Waals surface area (Å²) in [6.45, 7) is 5.13. The van der Waals surface area contributed by atoms with Crippen LogP contribution in [-0.2, 0) is 19.4 Å². The van der Waals surface area contributed by atoms with Crippen molar-refractivity contribution in [2.24, 2.45) is 5.10 Å². The number of anilines is 3. The molecule has 0 atom stereocenters. The molecule has 1 saturated heterocycles. The number of carbonyl (C=O) groups is 1. The molecule has 2 aromatic heterocycles. The minimum absolute atomic E-state index is 0.0107. The minimum Gasteiger partial charge on any atom is -0.418 e. The topological polar surface area (TPSA) is 139 Å². The summed E-state index contributed by atoms with van der Waals surface area (Å²) in [6.07, 6.45) is 1.29. The van der Waals surface area contributed by atoms with Gasteiger partial charge in [0, 0.05) is 25.6 Å². The van der Waals surface area contributed by atoms with Gasteiger partial charge in [-0.3, -0.25) is 10.2 Å². The predicted molar refractivity (Wildman–Crippen MR) is 149 cm³/mol. The molecule has 0 saturated carbocycles. The molecule has 1 fully saturated rings. The van der Waals surface area contributed by atoms with Crippen LogP contribution in [0.4, 0.5) is 16.0 Å². The third kappa shape index (κ3) is 6.00. The molecule has 0 aliphatic carbocycles. The number of nitrogens with one attached hydrogen (secondary N) is 2. The monoisotopic (exact) mass is 566 g/mol. The zero-order valence-electron chi connectivity index (χ0n) is 21.2. The first-order valence-electron chi connectivity index (χ1n) is 12.1. The van der Waals surface area contributed by atoms with Gasteiger partial charge in [0.05, 0.1) is 18.1 Å². The number of carbonyl (C=O) groups excluding carboxylic acids is 1. The number of hydrazone groups is 1. The van der Waals surface area contributed by atoms with E-state index in [0.29, 0.717) is 42.1 Å². The highest BCUT2D eigenvalue weighted by Crippen LogP contribution is 2.36. The van der Waals surface area contributed by atoms with Crippen molar-refractivity contribution < 1.29 is 22.4 Å². The largest absolute Gasteiger partial charge is 0.418 e. The first-order chi connectivity index (χ1) is 18.8. The molecule has 2 aromatic carbocycles. The average molecular weight is 567 g/mol. The van der Waals surface area contributed by atoms with Crippen LogP contribution in [0.1, 0.15) is 18.4 Å². The standard InChI is InChI=1S/C26H26N6O5S2/c1-17-8-10-20(11-9-17)39(34,35)24-25(32-12-14-36-15-13-32)37-21(29-24)16-27-31-26-30-22(19-6-4-3-5-7-19)23(38-26)28-18(2)33/h3-11,16H,12-15H2,1-2H3,(H,28,33)(H,30,31). The van der Waals surface area contributed by atoms with Crippen molar-refractivity contribution in [2.75, 3.05) is 41.9 Å². The summed E-state index contributed by atoms with van der Waals surface area (Å²) in [6, 6.07) is 16.0. The summed E-state index contributed by atoms with van der Waals surface area (Å²) < 4.78 is 38.3. The van der Waals surface area contributed by atoms with Gasteiger partial charge >= 0.3 is 0 Å². The highest BCUT2D eigenvalue weighted by molar-refractivity contribution is 7.91. The summed E-state index contributed by atoms with van der Waals surface area (Å²) in [4.78, 5) is 22.5. The van der Waals surface area contributed by atoms with Crippen LogP contribution in [0.3, 0.4) is 0 Å². The first-order valence-corrected chi connectivity index (χ1v) is 14.4. The molecule has 0 bridgehead atoms. The molecule has 2 N–H and O–H groups in total. The Labute approximate surface area is 229 Å². The van der Waals surface area contributed by atoms with E-state index in [0.717, 1.165) is 11.1 Å². The van der Waals surface area contributed by atoms with Crippen molar-refractivity contribution in [2.45, 2.75) is 23.8 Å². The number of oxazole rings is 1. The second-order valence-corrected chi connectivity index (χ2v) is 11.6. The SMILES string of the molecule is CC(=O)Nc1sc(NN=Cc2nc(S(=O)(=O)c3ccc(C)cc3)c(N3CCOCC3)o2)nc1-c1ccccc1. The summed E-state index contributed by atoms with van der Waals surface area (Å²) in [5, 5.41) is 7.78. The molecule has 1 aliphatic rings. The van der Waals surface area contributed by atoms with E-state index in [1.165, 1.54) is 24.5 Å². The summed E-state index contributed by atoms with van der Waals surface area (Å²) in [5.74, 6) is -0.0610. The lowest BCUT2D eigenvalue weighted by atomic mass is 10.2. The normalized spacial score (nSPS) is 14.1. The van der Waals surface area contributed by atoms with Crippen LogP contribution in [-0.4, -0.2) is 56.8 Å². The van der Waals surface area contributed by atoms with Gasteiger partial charge in [0.1, 0.15) is 16.9 Å². The van der Waals surface area contributed by atoms with Gasteiger partial charge in [-0.15, -0.1) is 0 Å². The molecular formula is C26H26N6O5S2. The molecule has 1 aliphatic heterocycles. The van der Waals surface area contributed by atoms with Gasteiger partial charge in [0.15, 0.2) is 0 Å². The van der Waals surface area contributed by atoms with Crippen LogP contribution in [0.5, 0.6) is 0 Å². The van der Waals surface area contributed by atoms with Crippen LogP contribution < -0.4 is 15.6 Å². The fourth-order valence-electron chi connectivity index (χ4n) is 3.89. The number of thiazole rings is 1. The van der Waals surface area contributed by atoms with E-state index in [1.54, 1.807) is 29.2 Å². The van der Waals surface area contributed by atoms with E-state index in [-0.39, 0.29) is 27.6 Å². The number of amides is 1. The van der Waals surface area contributed by atoms with Crippen LogP contribution >= 0.6 is 11.3 Å². The minimum atomic E-state index is -3.96. The van der Waals surface area contributed by atoms with E-state index in [9.17, 15) is 13.2 Å². The smallest absolute Gasteiger partial charge is 0.243 e. The van der Waals surface area contributed by atoms with E-state index >= 15 is 0 Å². The quantitative estimate of drug-likeness (QED) is 0.237. The Hall–Kier alpha value is -4.07. The van der Waals surface area contributed by atoms with E-state index in [2.05, 4.69) is 25.8 Å². The van der Waals surface area contributed by atoms with Crippen LogP contribution in [0.2, 0.25) is 0 Å². The fraction of sp³-hybridized carbons (Fsp3) is 0.231. The Kier molecular flexibility index (Phi) is 7.72. The Morgan fingerprint density at radius 1 is 1.08 bits per heavy atom. The summed E-state index contributed by atoms with van der Waals surface area (Å²) in [5.41, 5.74) is 5.21. The molecule has 4 aromatic rings. The highest BCUT2D eigenvalue weighted by Gasteiger charge is 2.31. The van der Waals surface area contributed by atoms with Gasteiger partial charge in [0.25, 0.3) is 0 Å². The van der Waals surface area contributed by atoms with E-state index in [4.69, 9.17) is 9.15 Å². The molecule has 11 nitrogen and oxygen atoms in total. The zero-order chi connectivity index (χ0) is 27.4. The van der Waals surface area contributed by atoms with Gasteiger partial charge in [0.2, 0.25) is 37.7 Å². The number of aromatic nitrogens is 2. The Morgan fingerprint density at radius 2 is 1.79 bits per heavy atom. The molecule has 39 heavy (non-hydrogen) atoms. The number of ether oxygens (including phenoxy) is 1. The molecule has 0 unspecified atom stereocenters.